The van der Waals surface area contributed by atoms with E-state index in [0.717, 1.165) is 57.8 Å². The maximum absolute atomic E-state index is 12.7. The van der Waals surface area contributed by atoms with Crippen molar-refractivity contribution in [2.75, 3.05) is 54.1 Å². The molecule has 9 heteroatoms. The Bertz CT molecular complexity index is 1000. The Morgan fingerprint density at radius 2 is 1.07 bits per heavy atom. The maximum Gasteiger partial charge on any atom is 0.472 e. The average molecular weight is 783 g/mol. The highest BCUT2D eigenvalue weighted by atomic mass is 31.2. The molecular formula is C45H85NO7P+. The monoisotopic (exact) mass is 783 g/mol. The van der Waals surface area contributed by atoms with Gasteiger partial charge in [-0.05, 0) is 51.4 Å². The van der Waals surface area contributed by atoms with Crippen LogP contribution < -0.4 is 0 Å². The van der Waals surface area contributed by atoms with Crippen molar-refractivity contribution >= 4 is 13.8 Å². The molecule has 2 atom stereocenters. The van der Waals surface area contributed by atoms with Gasteiger partial charge in [0.15, 0.2) is 0 Å². The number of ether oxygens (including phenoxy) is 2. The van der Waals surface area contributed by atoms with Gasteiger partial charge in [0, 0.05) is 13.0 Å². The maximum atomic E-state index is 12.7. The minimum atomic E-state index is -4.27. The van der Waals surface area contributed by atoms with E-state index >= 15 is 0 Å². The zero-order valence-electron chi connectivity index (χ0n) is 35.7. The lowest BCUT2D eigenvalue weighted by molar-refractivity contribution is -0.870. The largest absolute Gasteiger partial charge is 0.472 e. The number of likely N-dealkylation sites (N-methyl/N-ethyl adjacent to an activating group) is 1. The number of nitrogens with zero attached hydrogens (tertiary/aromatic N) is 1. The van der Waals surface area contributed by atoms with Crippen LogP contribution in [-0.2, 0) is 27.9 Å². The van der Waals surface area contributed by atoms with Gasteiger partial charge >= 0.3 is 13.8 Å². The lowest BCUT2D eigenvalue weighted by atomic mass is 10.0. The van der Waals surface area contributed by atoms with Crippen molar-refractivity contribution in [2.24, 2.45) is 0 Å². The second-order valence-corrected chi connectivity index (χ2v) is 17.2. The fourth-order valence-corrected chi connectivity index (χ4v) is 6.52. The predicted octanol–water partition coefficient (Wildman–Crippen LogP) is 12.8. The molecule has 1 N–H and O–H groups in total. The molecule has 0 fully saturated rings. The fraction of sp³-hybridized carbons (Fsp3) is 0.800. The molecule has 0 rings (SSSR count). The molecule has 0 aromatic heterocycles. The van der Waals surface area contributed by atoms with Crippen molar-refractivity contribution in [3.63, 3.8) is 0 Å². The zero-order valence-corrected chi connectivity index (χ0v) is 36.6. The van der Waals surface area contributed by atoms with Gasteiger partial charge in [0.2, 0.25) is 0 Å². The summed E-state index contributed by atoms with van der Waals surface area (Å²) < 4.78 is 34.9. The van der Waals surface area contributed by atoms with E-state index in [4.69, 9.17) is 18.5 Å². The summed E-state index contributed by atoms with van der Waals surface area (Å²) in [5, 5.41) is 0. The van der Waals surface area contributed by atoms with Crippen LogP contribution in [0.25, 0.3) is 0 Å². The summed E-state index contributed by atoms with van der Waals surface area (Å²) >= 11 is 0. The summed E-state index contributed by atoms with van der Waals surface area (Å²) in [6.07, 6.45) is 45.7. The number of rotatable bonds is 40. The number of hydrogen-bond acceptors (Lipinski definition) is 6. The lowest BCUT2D eigenvalue weighted by Gasteiger charge is -2.24. The minimum absolute atomic E-state index is 0.0874. The molecule has 0 saturated carbocycles. The third-order valence-corrected chi connectivity index (χ3v) is 10.1. The molecule has 0 radical (unpaired) electrons. The topological polar surface area (TPSA) is 91.3 Å². The summed E-state index contributed by atoms with van der Waals surface area (Å²) in [4.78, 5) is 22.8. The van der Waals surface area contributed by atoms with Crippen LogP contribution in [0.5, 0.6) is 0 Å². The van der Waals surface area contributed by atoms with Crippen LogP contribution in [0.2, 0.25) is 0 Å². The summed E-state index contributed by atoms with van der Waals surface area (Å²) in [7, 11) is 1.66. The number of quaternary nitrogens is 1. The van der Waals surface area contributed by atoms with E-state index in [0.29, 0.717) is 24.1 Å². The molecule has 0 aromatic carbocycles. The zero-order chi connectivity index (χ0) is 39.9. The SMILES string of the molecule is CC/C=C\C/C=C\C/C=C\C/C=C\CCCCCCCCCCCCC(=O)OC(COCCCCCCCCCCC)COP(=O)(O)OCC[N+](C)(C)C. The Labute approximate surface area is 333 Å². The number of carbonyl (C=O) groups excluding carboxylic acids is 1. The van der Waals surface area contributed by atoms with Gasteiger partial charge in [-0.2, -0.15) is 0 Å². The number of esters is 1. The average Bonchev–Trinajstić information content (AvgIpc) is 3.12. The molecule has 316 valence electrons. The Morgan fingerprint density at radius 3 is 1.61 bits per heavy atom. The van der Waals surface area contributed by atoms with Crippen molar-refractivity contribution in [3.8, 4) is 0 Å². The molecule has 0 spiro atoms. The third-order valence-electron chi connectivity index (χ3n) is 9.15. The fourth-order valence-electron chi connectivity index (χ4n) is 5.78. The smallest absolute Gasteiger partial charge is 0.457 e. The number of phosphoric acid groups is 1. The first-order chi connectivity index (χ1) is 26.1. The Balaban J connectivity index is 4.12. The summed E-state index contributed by atoms with van der Waals surface area (Å²) in [6, 6.07) is 0. The van der Waals surface area contributed by atoms with Gasteiger partial charge < -0.3 is 18.9 Å². The van der Waals surface area contributed by atoms with Gasteiger partial charge in [-0.25, -0.2) is 4.57 Å². The van der Waals surface area contributed by atoms with Crippen molar-refractivity contribution in [2.45, 2.75) is 180 Å². The first-order valence-electron chi connectivity index (χ1n) is 21.9. The number of unbranched alkanes of at least 4 members (excludes halogenated alkanes) is 18. The molecule has 8 nitrogen and oxygen atoms in total. The van der Waals surface area contributed by atoms with Crippen LogP contribution in [0.1, 0.15) is 174 Å². The quantitative estimate of drug-likeness (QED) is 0.0218. The van der Waals surface area contributed by atoms with Crippen LogP contribution >= 0.6 is 7.82 Å². The normalized spacial score (nSPS) is 14.3. The Morgan fingerprint density at radius 1 is 0.593 bits per heavy atom. The van der Waals surface area contributed by atoms with Crippen LogP contribution in [0.3, 0.4) is 0 Å². The molecule has 0 heterocycles. The Kier molecular flexibility index (Phi) is 37.2. The molecule has 0 aliphatic rings. The highest BCUT2D eigenvalue weighted by Crippen LogP contribution is 2.43. The van der Waals surface area contributed by atoms with Gasteiger partial charge in [-0.15, -0.1) is 0 Å². The van der Waals surface area contributed by atoms with E-state index in [1.54, 1.807) is 0 Å². The number of phosphoric ester groups is 1. The molecule has 0 aliphatic carbocycles. The molecule has 0 amide bonds. The molecule has 0 bridgehead atoms. The van der Waals surface area contributed by atoms with Gasteiger partial charge in [-0.3, -0.25) is 13.8 Å². The van der Waals surface area contributed by atoms with Crippen molar-refractivity contribution in [1.82, 2.24) is 0 Å². The first kappa shape index (κ1) is 52.5. The molecule has 2 unspecified atom stereocenters. The highest BCUT2D eigenvalue weighted by Gasteiger charge is 2.26. The summed E-state index contributed by atoms with van der Waals surface area (Å²) in [5.41, 5.74) is 0. The van der Waals surface area contributed by atoms with Gasteiger partial charge in [0.25, 0.3) is 0 Å². The molecule has 54 heavy (non-hydrogen) atoms. The third kappa shape index (κ3) is 41.6. The van der Waals surface area contributed by atoms with E-state index in [9.17, 15) is 14.3 Å². The minimum Gasteiger partial charge on any atom is -0.457 e. The number of allylic oxidation sites excluding steroid dienone is 8. The molecule has 0 saturated heterocycles. The second kappa shape index (κ2) is 38.3. The van der Waals surface area contributed by atoms with E-state index in [1.807, 2.05) is 21.1 Å². The molecule has 0 aliphatic heterocycles. The highest BCUT2D eigenvalue weighted by molar-refractivity contribution is 7.47. The van der Waals surface area contributed by atoms with Crippen LogP contribution in [0.4, 0.5) is 0 Å². The lowest BCUT2D eigenvalue weighted by Crippen LogP contribution is -2.37. The van der Waals surface area contributed by atoms with Crippen molar-refractivity contribution in [1.29, 1.82) is 0 Å². The summed E-state index contributed by atoms with van der Waals surface area (Å²) in [6.45, 7) is 5.49. The number of carbonyl (C=O) groups is 1. The van der Waals surface area contributed by atoms with Gasteiger partial charge in [0.05, 0.1) is 34.4 Å². The van der Waals surface area contributed by atoms with Crippen LogP contribution in [0, 0.1) is 0 Å². The Hall–Kier alpha value is -1.54. The van der Waals surface area contributed by atoms with E-state index in [1.165, 1.54) is 96.3 Å². The number of hydrogen-bond donors (Lipinski definition) is 1. The van der Waals surface area contributed by atoms with E-state index < -0.39 is 13.9 Å². The first-order valence-corrected chi connectivity index (χ1v) is 23.4. The predicted molar refractivity (Wildman–Crippen MR) is 229 cm³/mol. The van der Waals surface area contributed by atoms with Crippen LogP contribution in [-0.4, -0.2) is 75.6 Å². The molecule has 0 aromatic rings. The van der Waals surface area contributed by atoms with Crippen molar-refractivity contribution < 1.29 is 37.3 Å². The second-order valence-electron chi connectivity index (χ2n) is 15.7. The van der Waals surface area contributed by atoms with Gasteiger partial charge in [0.1, 0.15) is 19.3 Å². The van der Waals surface area contributed by atoms with E-state index in [-0.39, 0.29) is 25.8 Å². The van der Waals surface area contributed by atoms with Gasteiger partial charge in [-0.1, -0.05) is 165 Å². The standard InChI is InChI=1S/C45H84NO7P/c1-6-8-10-12-14-16-17-18-19-20-21-22-23-24-25-26-27-28-29-30-32-34-36-38-45(47)53-44(43-52-54(48,49)51-41-39-46(3,4)5)42-50-40-37-35-33-31-15-13-11-9-7-2/h8,10,14,16,18-19,21-22,44H,6-7,9,11-13,15,17,20,23-43H2,1-5H3/p+1/b10-8-,16-14-,19-18-,22-21-. The summed E-state index contributed by atoms with van der Waals surface area (Å²) in [5.74, 6) is -0.320. The van der Waals surface area contributed by atoms with Crippen molar-refractivity contribution in [3.05, 3.63) is 48.6 Å². The van der Waals surface area contributed by atoms with Crippen LogP contribution in [0.15, 0.2) is 48.6 Å². The molecular weight excluding hydrogens is 697 g/mol. The van der Waals surface area contributed by atoms with E-state index in [2.05, 4.69) is 62.5 Å².